The van der Waals surface area contributed by atoms with Crippen LogP contribution in [0.15, 0.2) is 30.3 Å². The molecule has 140 valence electrons. The Hall–Kier alpha value is -2.02. The topological polar surface area (TPSA) is 59.6 Å². The minimum absolute atomic E-state index is 0.0100. The van der Waals surface area contributed by atoms with Gasteiger partial charge in [0.25, 0.3) is 0 Å². The summed E-state index contributed by atoms with van der Waals surface area (Å²) in [5, 5.41) is 6.03. The lowest BCUT2D eigenvalue weighted by atomic mass is 10.1. The Balaban J connectivity index is 1.97. The van der Waals surface area contributed by atoms with Gasteiger partial charge in [0.05, 0.1) is 25.8 Å². The van der Waals surface area contributed by atoms with Crippen molar-refractivity contribution < 1.29 is 18.7 Å². The Morgan fingerprint density at radius 2 is 1.81 bits per heavy atom. The first-order valence-corrected chi connectivity index (χ1v) is 8.51. The maximum absolute atomic E-state index is 13.6. The number of ether oxygens (including phenoxy) is 2. The average molecular weight is 401 g/mol. The van der Waals surface area contributed by atoms with E-state index in [1.807, 2.05) is 0 Å². The first-order chi connectivity index (χ1) is 12.3. The number of carbonyl (C=O) groups is 1. The number of benzene rings is 2. The lowest BCUT2D eigenvalue weighted by molar-refractivity contribution is -0.115. The summed E-state index contributed by atoms with van der Waals surface area (Å²) >= 11 is 11.8. The van der Waals surface area contributed by atoms with Crippen molar-refractivity contribution in [3.63, 3.8) is 0 Å². The zero-order valence-corrected chi connectivity index (χ0v) is 16.0. The van der Waals surface area contributed by atoms with Gasteiger partial charge < -0.3 is 20.1 Å². The van der Waals surface area contributed by atoms with Crippen molar-refractivity contribution in [2.24, 2.45) is 0 Å². The van der Waals surface area contributed by atoms with Crippen LogP contribution in [0.4, 0.5) is 10.1 Å². The lowest BCUT2D eigenvalue weighted by Gasteiger charge is -2.16. The molecule has 0 bridgehead atoms. The first kappa shape index (κ1) is 20.3. The van der Waals surface area contributed by atoms with Gasteiger partial charge in [-0.05, 0) is 36.8 Å². The molecule has 1 atom stereocenters. The predicted molar refractivity (Wildman–Crippen MR) is 101 cm³/mol. The molecule has 0 aromatic heterocycles. The van der Waals surface area contributed by atoms with Crippen LogP contribution in [0, 0.1) is 5.82 Å². The molecule has 8 heteroatoms. The molecule has 0 aliphatic rings. The van der Waals surface area contributed by atoms with Gasteiger partial charge in [0.2, 0.25) is 5.91 Å². The van der Waals surface area contributed by atoms with Crippen LogP contribution in [-0.4, -0.2) is 26.7 Å². The van der Waals surface area contributed by atoms with Crippen molar-refractivity contribution in [2.75, 3.05) is 26.1 Å². The van der Waals surface area contributed by atoms with Crippen LogP contribution in [0.1, 0.15) is 18.5 Å². The third kappa shape index (κ3) is 5.00. The number of anilines is 1. The summed E-state index contributed by atoms with van der Waals surface area (Å²) < 4.78 is 24.0. The number of carbonyl (C=O) groups excluding carboxylic acids is 1. The highest BCUT2D eigenvalue weighted by molar-refractivity contribution is 6.35. The van der Waals surface area contributed by atoms with Gasteiger partial charge in [-0.25, -0.2) is 4.39 Å². The molecule has 0 spiro atoms. The van der Waals surface area contributed by atoms with Gasteiger partial charge in [0.1, 0.15) is 5.82 Å². The smallest absolute Gasteiger partial charge is 0.238 e. The molecule has 0 heterocycles. The SMILES string of the molecule is COc1ccc(NC(=O)CN[C@@H](C)c2cc(F)c(Cl)cc2Cl)cc1OC. The van der Waals surface area contributed by atoms with Crippen LogP contribution in [0.3, 0.4) is 0 Å². The molecule has 0 saturated heterocycles. The summed E-state index contributed by atoms with van der Waals surface area (Å²) in [6.45, 7) is 1.79. The van der Waals surface area contributed by atoms with Crippen LogP contribution >= 0.6 is 23.2 Å². The molecule has 0 aliphatic heterocycles. The zero-order chi connectivity index (χ0) is 19.3. The second-order valence-corrected chi connectivity index (χ2v) is 6.32. The first-order valence-electron chi connectivity index (χ1n) is 7.75. The number of nitrogens with one attached hydrogen (secondary N) is 2. The van der Waals surface area contributed by atoms with Crippen LogP contribution < -0.4 is 20.1 Å². The quantitative estimate of drug-likeness (QED) is 0.674. The van der Waals surface area contributed by atoms with E-state index in [0.29, 0.717) is 27.8 Å². The van der Waals surface area contributed by atoms with Crippen LogP contribution in [-0.2, 0) is 4.79 Å². The van der Waals surface area contributed by atoms with Gasteiger partial charge in [-0.3, -0.25) is 4.79 Å². The Kier molecular flexibility index (Phi) is 7.08. The fraction of sp³-hybridized carbons (Fsp3) is 0.278. The minimum atomic E-state index is -0.561. The second-order valence-electron chi connectivity index (χ2n) is 5.51. The zero-order valence-electron chi connectivity index (χ0n) is 14.5. The van der Waals surface area contributed by atoms with Gasteiger partial charge in [-0.1, -0.05) is 23.2 Å². The predicted octanol–water partition coefficient (Wildman–Crippen LogP) is 4.44. The molecular weight excluding hydrogens is 382 g/mol. The number of hydrogen-bond acceptors (Lipinski definition) is 4. The van der Waals surface area contributed by atoms with Crippen LogP contribution in [0.25, 0.3) is 0 Å². The van der Waals surface area contributed by atoms with E-state index >= 15 is 0 Å². The Morgan fingerprint density at radius 3 is 2.46 bits per heavy atom. The summed E-state index contributed by atoms with van der Waals surface area (Å²) in [5.41, 5.74) is 1.09. The summed E-state index contributed by atoms with van der Waals surface area (Å²) in [6.07, 6.45) is 0. The van der Waals surface area contributed by atoms with Crippen molar-refractivity contribution in [3.8, 4) is 11.5 Å². The fourth-order valence-electron chi connectivity index (χ4n) is 2.34. The molecule has 0 aliphatic carbocycles. The number of hydrogen-bond donors (Lipinski definition) is 2. The molecule has 0 radical (unpaired) electrons. The molecule has 2 aromatic rings. The van der Waals surface area contributed by atoms with Crippen molar-refractivity contribution in [3.05, 3.63) is 51.8 Å². The van der Waals surface area contributed by atoms with E-state index in [1.165, 1.54) is 26.4 Å². The highest BCUT2D eigenvalue weighted by Crippen LogP contribution is 2.30. The molecule has 0 saturated carbocycles. The maximum atomic E-state index is 13.6. The molecule has 26 heavy (non-hydrogen) atoms. The van der Waals surface area contributed by atoms with Gasteiger partial charge in [0.15, 0.2) is 11.5 Å². The normalized spacial score (nSPS) is 11.8. The third-order valence-electron chi connectivity index (χ3n) is 3.74. The van der Waals surface area contributed by atoms with Crippen LogP contribution in [0.2, 0.25) is 10.0 Å². The number of methoxy groups -OCH3 is 2. The van der Waals surface area contributed by atoms with Gasteiger partial charge in [-0.15, -0.1) is 0 Å². The summed E-state index contributed by atoms with van der Waals surface area (Å²) in [6, 6.07) is 7.32. The van der Waals surface area contributed by atoms with Gasteiger partial charge in [0, 0.05) is 22.8 Å². The van der Waals surface area contributed by atoms with Gasteiger partial charge >= 0.3 is 0 Å². The molecule has 5 nitrogen and oxygen atoms in total. The van der Waals surface area contributed by atoms with Crippen molar-refractivity contribution in [1.82, 2.24) is 5.32 Å². The van der Waals surface area contributed by atoms with Crippen LogP contribution in [0.5, 0.6) is 11.5 Å². The van der Waals surface area contributed by atoms with E-state index in [0.717, 1.165) is 0 Å². The minimum Gasteiger partial charge on any atom is -0.493 e. The second kappa shape index (κ2) is 9.07. The van der Waals surface area contributed by atoms with E-state index in [-0.39, 0.29) is 23.5 Å². The van der Waals surface area contributed by atoms with Crippen molar-refractivity contribution in [1.29, 1.82) is 0 Å². The Morgan fingerprint density at radius 1 is 1.12 bits per heavy atom. The Bertz CT molecular complexity index is 802. The van der Waals surface area contributed by atoms with Gasteiger partial charge in [-0.2, -0.15) is 0 Å². The molecule has 0 fully saturated rings. The van der Waals surface area contributed by atoms with Crippen molar-refractivity contribution >= 4 is 34.8 Å². The molecule has 2 aromatic carbocycles. The lowest BCUT2D eigenvalue weighted by Crippen LogP contribution is -2.30. The van der Waals surface area contributed by atoms with E-state index in [2.05, 4.69) is 10.6 Å². The number of halogens is 3. The number of amides is 1. The van der Waals surface area contributed by atoms with Crippen molar-refractivity contribution in [2.45, 2.75) is 13.0 Å². The standard InChI is InChI=1S/C18H19Cl2FN2O3/c1-10(12-7-15(21)14(20)8-13(12)19)22-9-18(24)23-11-4-5-16(25-2)17(6-11)26-3/h4-8,10,22H,9H2,1-3H3,(H,23,24)/t10-/m0/s1. The van der Waals surface area contributed by atoms with E-state index < -0.39 is 5.82 Å². The Labute approximate surface area is 161 Å². The molecule has 1 amide bonds. The molecule has 2 N–H and O–H groups in total. The monoisotopic (exact) mass is 400 g/mol. The fourth-order valence-corrected chi connectivity index (χ4v) is 2.89. The summed E-state index contributed by atoms with van der Waals surface area (Å²) in [7, 11) is 3.05. The summed E-state index contributed by atoms with van der Waals surface area (Å²) in [4.78, 5) is 12.1. The average Bonchev–Trinajstić information content (AvgIpc) is 2.62. The summed E-state index contributed by atoms with van der Waals surface area (Å²) in [5.74, 6) is 0.246. The number of rotatable bonds is 7. The third-order valence-corrected chi connectivity index (χ3v) is 4.36. The molecular formula is C18H19Cl2FN2O3. The maximum Gasteiger partial charge on any atom is 0.238 e. The molecule has 2 rings (SSSR count). The van der Waals surface area contributed by atoms with E-state index in [1.54, 1.807) is 25.1 Å². The largest absolute Gasteiger partial charge is 0.493 e. The van der Waals surface area contributed by atoms with E-state index in [9.17, 15) is 9.18 Å². The highest BCUT2D eigenvalue weighted by atomic mass is 35.5. The molecule has 0 unspecified atom stereocenters. The van der Waals surface area contributed by atoms with E-state index in [4.69, 9.17) is 32.7 Å². The highest BCUT2D eigenvalue weighted by Gasteiger charge is 2.15.